The molecule has 2 rings (SSSR count). The van der Waals surface area contributed by atoms with Gasteiger partial charge in [-0.2, -0.15) is 0 Å². The number of aryl methyl sites for hydroxylation is 1. The molecule has 2 heterocycles. The number of ether oxygens (including phenoxy) is 1. The van der Waals surface area contributed by atoms with E-state index in [1.165, 1.54) is 6.92 Å². The van der Waals surface area contributed by atoms with Crippen molar-refractivity contribution in [2.75, 3.05) is 13.1 Å². The molecule has 2 amide bonds. The molecular formula is C16H22N4O7. The summed E-state index contributed by atoms with van der Waals surface area (Å²) in [4.78, 5) is 62.1. The first-order valence-corrected chi connectivity index (χ1v) is 8.24. The Hall–Kier alpha value is -3.11. The van der Waals surface area contributed by atoms with Crippen molar-refractivity contribution in [2.45, 2.75) is 45.4 Å². The van der Waals surface area contributed by atoms with E-state index in [4.69, 9.17) is 4.74 Å². The van der Waals surface area contributed by atoms with E-state index in [9.17, 15) is 29.1 Å². The molecule has 1 aliphatic heterocycles. The average molecular weight is 382 g/mol. The van der Waals surface area contributed by atoms with Crippen LogP contribution in [0.3, 0.4) is 0 Å². The number of carbonyl (C=O) groups is 3. The lowest BCUT2D eigenvalue weighted by Crippen LogP contribution is -2.67. The van der Waals surface area contributed by atoms with Crippen molar-refractivity contribution in [3.05, 3.63) is 32.6 Å². The maximum absolute atomic E-state index is 12.4. The molecule has 1 saturated heterocycles. The van der Waals surface area contributed by atoms with E-state index < -0.39 is 46.9 Å². The molecule has 1 aromatic heterocycles. The SMILES string of the molecule is Cc1cn(C2C(=O)N(CCNC(=O)OC(C)(C)C)C2C(=O)O)c(=O)[nH]c1=O. The normalized spacial score (nSPS) is 19.4. The highest BCUT2D eigenvalue weighted by Crippen LogP contribution is 2.30. The van der Waals surface area contributed by atoms with Crippen molar-refractivity contribution in [1.29, 1.82) is 0 Å². The molecule has 11 nitrogen and oxygen atoms in total. The molecule has 0 bridgehead atoms. The fraction of sp³-hybridized carbons (Fsp3) is 0.562. The van der Waals surface area contributed by atoms with Gasteiger partial charge in [0.2, 0.25) is 5.91 Å². The number of alkyl carbamates (subject to hydrolysis) is 1. The number of aliphatic carboxylic acids is 1. The topological polar surface area (TPSA) is 151 Å². The fourth-order valence-electron chi connectivity index (χ4n) is 2.70. The van der Waals surface area contributed by atoms with Crippen LogP contribution in [0.15, 0.2) is 15.8 Å². The minimum Gasteiger partial charge on any atom is -0.480 e. The molecule has 0 aliphatic carbocycles. The summed E-state index contributed by atoms with van der Waals surface area (Å²) in [6, 6.07) is -2.55. The van der Waals surface area contributed by atoms with E-state index in [1.54, 1.807) is 20.8 Å². The third-order valence-corrected chi connectivity index (χ3v) is 3.89. The van der Waals surface area contributed by atoms with Crippen LogP contribution in [0.25, 0.3) is 0 Å². The maximum Gasteiger partial charge on any atom is 0.407 e. The van der Waals surface area contributed by atoms with E-state index in [-0.39, 0.29) is 18.7 Å². The van der Waals surface area contributed by atoms with Gasteiger partial charge in [-0.25, -0.2) is 14.4 Å². The van der Waals surface area contributed by atoms with E-state index in [2.05, 4.69) is 5.32 Å². The summed E-state index contributed by atoms with van der Waals surface area (Å²) in [5.74, 6) is -1.89. The molecule has 0 aromatic carbocycles. The Bertz CT molecular complexity index is 880. The maximum atomic E-state index is 12.4. The minimum atomic E-state index is -1.30. The molecule has 0 spiro atoms. The minimum absolute atomic E-state index is 0.0172. The smallest absolute Gasteiger partial charge is 0.407 e. The molecule has 27 heavy (non-hydrogen) atoms. The molecule has 1 aliphatic rings. The molecule has 3 N–H and O–H groups in total. The van der Waals surface area contributed by atoms with Crippen molar-refractivity contribution in [1.82, 2.24) is 19.8 Å². The van der Waals surface area contributed by atoms with Gasteiger partial charge in [0.15, 0.2) is 6.04 Å². The van der Waals surface area contributed by atoms with Crippen molar-refractivity contribution < 1.29 is 24.2 Å². The van der Waals surface area contributed by atoms with Gasteiger partial charge in [-0.1, -0.05) is 0 Å². The van der Waals surface area contributed by atoms with Crippen LogP contribution in [0.1, 0.15) is 32.4 Å². The van der Waals surface area contributed by atoms with Gasteiger partial charge in [-0.15, -0.1) is 0 Å². The highest BCUT2D eigenvalue weighted by atomic mass is 16.6. The standard InChI is InChI=1S/C16H22N4O7/c1-8-7-20(14(25)18-11(8)21)9-10(13(23)24)19(12(9)22)6-5-17-15(26)27-16(2,3)4/h7,9-10H,5-6H2,1-4H3,(H,17,26)(H,23,24)(H,18,21,25). The molecule has 11 heteroatoms. The van der Waals surface area contributed by atoms with Crippen LogP contribution in [0.4, 0.5) is 4.79 Å². The van der Waals surface area contributed by atoms with Gasteiger partial charge in [-0.3, -0.25) is 19.1 Å². The summed E-state index contributed by atoms with van der Waals surface area (Å²) < 4.78 is 5.97. The Labute approximate surface area is 153 Å². The Morgan fingerprint density at radius 1 is 1.30 bits per heavy atom. The highest BCUT2D eigenvalue weighted by Gasteiger charge is 2.53. The monoisotopic (exact) mass is 382 g/mol. The Morgan fingerprint density at radius 2 is 1.93 bits per heavy atom. The summed E-state index contributed by atoms with van der Waals surface area (Å²) in [5, 5.41) is 11.9. The molecular weight excluding hydrogens is 360 g/mol. The van der Waals surface area contributed by atoms with E-state index in [1.807, 2.05) is 4.98 Å². The lowest BCUT2D eigenvalue weighted by atomic mass is 9.94. The number of aromatic amines is 1. The third-order valence-electron chi connectivity index (χ3n) is 3.89. The van der Waals surface area contributed by atoms with Crippen molar-refractivity contribution in [3.8, 4) is 0 Å². The number of carbonyl (C=O) groups excluding carboxylic acids is 2. The molecule has 0 saturated carbocycles. The Morgan fingerprint density at radius 3 is 2.48 bits per heavy atom. The number of rotatable bonds is 5. The summed E-state index contributed by atoms with van der Waals surface area (Å²) in [5.41, 5.74) is -1.97. The van der Waals surface area contributed by atoms with Crippen molar-refractivity contribution >= 4 is 18.0 Å². The molecule has 2 atom stereocenters. The number of nitrogens with one attached hydrogen (secondary N) is 2. The van der Waals surface area contributed by atoms with Crippen LogP contribution >= 0.6 is 0 Å². The lowest BCUT2D eigenvalue weighted by Gasteiger charge is -2.44. The molecule has 1 aromatic rings. The second-order valence-corrected chi connectivity index (χ2v) is 7.17. The summed E-state index contributed by atoms with van der Waals surface area (Å²) in [7, 11) is 0. The molecule has 148 valence electrons. The van der Waals surface area contributed by atoms with Crippen LogP contribution in [0.2, 0.25) is 0 Å². The Balaban J connectivity index is 2.09. The van der Waals surface area contributed by atoms with E-state index >= 15 is 0 Å². The first-order chi connectivity index (χ1) is 12.4. The largest absolute Gasteiger partial charge is 0.480 e. The predicted molar refractivity (Wildman–Crippen MR) is 92.5 cm³/mol. The first-order valence-electron chi connectivity index (χ1n) is 8.24. The number of hydrogen-bond acceptors (Lipinski definition) is 6. The van der Waals surface area contributed by atoms with E-state index in [0.717, 1.165) is 15.7 Å². The highest BCUT2D eigenvalue weighted by molar-refractivity contribution is 5.98. The van der Waals surface area contributed by atoms with Gasteiger partial charge < -0.3 is 20.1 Å². The third kappa shape index (κ3) is 4.36. The first kappa shape index (κ1) is 20.2. The van der Waals surface area contributed by atoms with Crippen LogP contribution in [-0.4, -0.2) is 62.3 Å². The number of likely N-dealkylation sites (tertiary alicyclic amines) is 1. The fourth-order valence-corrected chi connectivity index (χ4v) is 2.70. The number of nitrogens with zero attached hydrogens (tertiary/aromatic N) is 2. The zero-order valence-electron chi connectivity index (χ0n) is 15.4. The number of hydrogen-bond donors (Lipinski definition) is 3. The Kier molecular flexibility index (Phi) is 5.43. The lowest BCUT2D eigenvalue weighted by molar-refractivity contribution is -0.169. The van der Waals surface area contributed by atoms with Gasteiger partial charge >= 0.3 is 17.8 Å². The summed E-state index contributed by atoms with van der Waals surface area (Å²) in [6.45, 7) is 6.44. The van der Waals surface area contributed by atoms with Crippen LogP contribution in [0.5, 0.6) is 0 Å². The number of carboxylic acids is 1. The van der Waals surface area contributed by atoms with Crippen LogP contribution < -0.4 is 16.6 Å². The molecule has 2 unspecified atom stereocenters. The average Bonchev–Trinajstić information content (AvgIpc) is 2.51. The van der Waals surface area contributed by atoms with Gasteiger partial charge in [0.05, 0.1) is 0 Å². The molecule has 0 radical (unpaired) electrons. The second kappa shape index (κ2) is 7.25. The van der Waals surface area contributed by atoms with Crippen molar-refractivity contribution in [2.24, 2.45) is 0 Å². The van der Waals surface area contributed by atoms with Crippen LogP contribution in [-0.2, 0) is 14.3 Å². The number of H-pyrrole nitrogens is 1. The quantitative estimate of drug-likeness (QED) is 0.564. The number of β-lactam (4-membered cyclic amide) rings is 1. The van der Waals surface area contributed by atoms with E-state index in [0.29, 0.717) is 0 Å². The van der Waals surface area contributed by atoms with Crippen LogP contribution in [0, 0.1) is 6.92 Å². The zero-order valence-corrected chi connectivity index (χ0v) is 15.4. The van der Waals surface area contributed by atoms with Gasteiger partial charge in [0.25, 0.3) is 5.56 Å². The second-order valence-electron chi connectivity index (χ2n) is 7.17. The number of carboxylic acid groups (broad SMARTS) is 1. The zero-order chi connectivity index (χ0) is 20.5. The van der Waals surface area contributed by atoms with Gasteiger partial charge in [0, 0.05) is 24.8 Å². The van der Waals surface area contributed by atoms with Gasteiger partial charge in [-0.05, 0) is 27.7 Å². The predicted octanol–water partition coefficient (Wildman–Crippen LogP) is -0.794. The summed E-state index contributed by atoms with van der Waals surface area (Å²) in [6.07, 6.45) is 0.474. The summed E-state index contributed by atoms with van der Waals surface area (Å²) >= 11 is 0. The molecule has 1 fully saturated rings. The number of amides is 2. The van der Waals surface area contributed by atoms with Crippen molar-refractivity contribution in [3.63, 3.8) is 0 Å². The number of aromatic nitrogens is 2. The van der Waals surface area contributed by atoms with Gasteiger partial charge in [0.1, 0.15) is 11.6 Å².